The molecule has 2 aromatic carbocycles. The normalized spacial score (nSPS) is 18.6. The fourth-order valence-corrected chi connectivity index (χ4v) is 10.3. The number of rotatable bonds is 12. The van der Waals surface area contributed by atoms with E-state index in [0.29, 0.717) is 33.8 Å². The highest BCUT2D eigenvalue weighted by Gasteiger charge is 2.47. The fourth-order valence-electron chi connectivity index (χ4n) is 6.36. The summed E-state index contributed by atoms with van der Waals surface area (Å²) >= 11 is 1.82. The zero-order valence-electron chi connectivity index (χ0n) is 28.4. The van der Waals surface area contributed by atoms with Crippen LogP contribution in [0.3, 0.4) is 0 Å². The van der Waals surface area contributed by atoms with E-state index in [1.165, 1.54) is 17.0 Å². The largest absolute Gasteiger partial charge is 0.343 e. The van der Waals surface area contributed by atoms with Gasteiger partial charge < -0.3 is 4.90 Å². The van der Waals surface area contributed by atoms with Crippen LogP contribution in [0, 0.1) is 9.39 Å². The van der Waals surface area contributed by atoms with Gasteiger partial charge in [0.1, 0.15) is 21.4 Å². The summed E-state index contributed by atoms with van der Waals surface area (Å²) in [6.45, 7) is 8.30. The SMILES string of the molecule is CC(/C=C/C=C1/N(CCS(=O)(=O)O)c2cc([18F])c(S(=O)(=O)O)cc2C1(C)C)=C\C=C\C1=[N+](CCS(=O)(=O)O)c2ccc(S(=O)(=O)O)c([125I])c2C1(C)C. The maximum atomic E-state index is 14.8. The van der Waals surface area contributed by atoms with Crippen molar-refractivity contribution < 1.29 is 60.8 Å². The lowest BCUT2D eigenvalue weighted by molar-refractivity contribution is -0.432. The topological polar surface area (TPSA) is 224 Å². The third-order valence-corrected chi connectivity index (χ3v) is 13.5. The molecule has 14 nitrogen and oxygen atoms in total. The Bertz CT molecular complexity index is 2450. The van der Waals surface area contributed by atoms with E-state index >= 15 is 0 Å². The molecule has 2 aliphatic heterocycles. The first-order chi connectivity index (χ1) is 23.6. The Hall–Kier alpha value is -2.83. The molecule has 284 valence electrons. The Morgan fingerprint density at radius 2 is 1.46 bits per heavy atom. The van der Waals surface area contributed by atoms with Gasteiger partial charge in [-0.25, -0.2) is 4.39 Å². The molecule has 0 spiro atoms. The molecule has 0 saturated heterocycles. The lowest BCUT2D eigenvalue weighted by Crippen LogP contribution is -2.30. The van der Waals surface area contributed by atoms with Gasteiger partial charge in [0.15, 0.2) is 12.3 Å². The molecule has 0 fully saturated rings. The Morgan fingerprint density at radius 3 is 2.02 bits per heavy atom. The van der Waals surface area contributed by atoms with Gasteiger partial charge in [-0.05, 0) is 73.2 Å². The van der Waals surface area contributed by atoms with Gasteiger partial charge in [0.25, 0.3) is 40.5 Å². The van der Waals surface area contributed by atoms with Gasteiger partial charge in [-0.3, -0.25) is 18.2 Å². The summed E-state index contributed by atoms with van der Waals surface area (Å²) in [5.74, 6) is -2.58. The van der Waals surface area contributed by atoms with Crippen molar-refractivity contribution in [2.45, 2.75) is 55.2 Å². The van der Waals surface area contributed by atoms with Crippen LogP contribution in [0.5, 0.6) is 0 Å². The number of allylic oxidation sites excluding steroid dienone is 8. The van der Waals surface area contributed by atoms with E-state index in [2.05, 4.69) is 0 Å². The first-order valence-electron chi connectivity index (χ1n) is 15.3. The van der Waals surface area contributed by atoms with Crippen molar-refractivity contribution in [1.29, 1.82) is 0 Å². The van der Waals surface area contributed by atoms with Crippen LogP contribution < -0.4 is 4.90 Å². The third kappa shape index (κ3) is 8.92. The highest BCUT2D eigenvalue weighted by Crippen LogP contribution is 2.49. The lowest BCUT2D eigenvalue weighted by atomic mass is 9.81. The van der Waals surface area contributed by atoms with Gasteiger partial charge in [0.2, 0.25) is 5.69 Å². The highest BCUT2D eigenvalue weighted by atomic mass is 125. The predicted molar refractivity (Wildman–Crippen MR) is 201 cm³/mol. The van der Waals surface area contributed by atoms with E-state index in [-0.39, 0.29) is 27.2 Å². The Kier molecular flexibility index (Phi) is 11.6. The molecule has 4 rings (SSSR count). The number of benzene rings is 2. The molecule has 0 atom stereocenters. The second-order valence-electron chi connectivity index (χ2n) is 13.2. The Balaban J connectivity index is 1.72. The zero-order chi connectivity index (χ0) is 39.4. The number of hydrogen-bond donors (Lipinski definition) is 4. The second kappa shape index (κ2) is 14.4. The number of halogens is 2. The molecule has 0 bridgehead atoms. The molecule has 4 N–H and O–H groups in total. The molecule has 0 saturated carbocycles. The quantitative estimate of drug-likeness (QED) is 0.0973. The average molecular weight is 913 g/mol. The minimum atomic E-state index is -4.92. The minimum absolute atomic E-state index is 0.155. The van der Waals surface area contributed by atoms with Crippen LogP contribution in [0.25, 0.3) is 0 Å². The maximum absolute atomic E-state index is 14.8. The van der Waals surface area contributed by atoms with Crippen LogP contribution in [0.15, 0.2) is 81.8 Å². The monoisotopic (exact) mass is 912 g/mol. The van der Waals surface area contributed by atoms with Gasteiger partial charge in [-0.1, -0.05) is 43.7 Å². The summed E-state index contributed by atoms with van der Waals surface area (Å²) in [4.78, 5) is 0.201. The summed E-state index contributed by atoms with van der Waals surface area (Å²) in [6, 6.07) is 4.56. The molecule has 2 aliphatic rings. The van der Waals surface area contributed by atoms with E-state index in [1.54, 1.807) is 75.7 Å². The summed E-state index contributed by atoms with van der Waals surface area (Å²) in [5.41, 5.74) is 1.29. The highest BCUT2D eigenvalue weighted by molar-refractivity contribution is 14.1. The first kappa shape index (κ1) is 41.9. The van der Waals surface area contributed by atoms with Gasteiger partial charge >= 0.3 is 0 Å². The molecule has 52 heavy (non-hydrogen) atoms. The summed E-state index contributed by atoms with van der Waals surface area (Å²) in [7, 11) is -18.3. The lowest BCUT2D eigenvalue weighted by Gasteiger charge is -2.26. The smallest absolute Gasteiger partial charge is 0.297 e. The molecule has 0 radical (unpaired) electrons. The van der Waals surface area contributed by atoms with Gasteiger partial charge in [0, 0.05) is 39.1 Å². The standard InChI is InChI=1S/C32H36FIN2O12S4/c1-20(8-6-10-27-31(2,3)21-18-26(52(46,47)48)22(33)19-24(21)36(27)15-17-50(40,41)42)9-7-11-28-32(4,5)29-23(35(28)14-16-49(37,38)39)12-13-25(30(29)34)51(43,44)45/h6-13,18-19H,14-17H2,1-5H3,(H3-,37,38,39,40,41,42,43,44,45,46,47,48)/p+1/i33-1,34-2. The summed E-state index contributed by atoms with van der Waals surface area (Å²) in [6.07, 6.45) is 10.0. The third-order valence-electron chi connectivity index (χ3n) is 8.80. The minimum Gasteiger partial charge on any atom is -0.343 e. The van der Waals surface area contributed by atoms with Crippen molar-refractivity contribution in [2.24, 2.45) is 0 Å². The average Bonchev–Trinajstić information content (AvgIpc) is 3.30. The summed E-state index contributed by atoms with van der Waals surface area (Å²) < 4.78 is 149. The van der Waals surface area contributed by atoms with E-state index in [0.717, 1.165) is 12.1 Å². The van der Waals surface area contributed by atoms with Gasteiger partial charge in [-0.2, -0.15) is 38.2 Å². The molecule has 0 aromatic heterocycles. The van der Waals surface area contributed by atoms with Crippen molar-refractivity contribution in [1.82, 2.24) is 0 Å². The van der Waals surface area contributed by atoms with Crippen molar-refractivity contribution in [2.75, 3.05) is 29.5 Å². The molecular weight excluding hydrogens is 876 g/mol. The molecule has 20 heteroatoms. The number of fused-ring (bicyclic) bond motifs is 2. The predicted octanol–water partition coefficient (Wildman–Crippen LogP) is 4.82. The van der Waals surface area contributed by atoms with Crippen LogP contribution in [0.1, 0.15) is 45.7 Å². The van der Waals surface area contributed by atoms with Gasteiger partial charge in [0.05, 0.1) is 16.7 Å². The van der Waals surface area contributed by atoms with Crippen molar-refractivity contribution >= 4 is 80.1 Å². The fraction of sp³-hybridized carbons (Fsp3) is 0.344. The van der Waals surface area contributed by atoms with Gasteiger partial charge in [-0.15, -0.1) is 0 Å². The molecule has 0 amide bonds. The van der Waals surface area contributed by atoms with Crippen molar-refractivity contribution in [3.63, 3.8) is 0 Å². The van der Waals surface area contributed by atoms with E-state index < -0.39 is 73.5 Å². The molecule has 0 unspecified atom stereocenters. The first-order valence-corrected chi connectivity index (χ1v) is 22.4. The number of anilines is 1. The maximum Gasteiger partial charge on any atom is 0.297 e. The van der Waals surface area contributed by atoms with E-state index in [1.807, 2.05) is 22.6 Å². The molecule has 2 heterocycles. The number of hydrogen-bond acceptors (Lipinski definition) is 9. The zero-order valence-corrected chi connectivity index (χ0v) is 33.9. The van der Waals surface area contributed by atoms with E-state index in [9.17, 15) is 56.3 Å². The molecular formula is C32H37FIN2O12S4+. The van der Waals surface area contributed by atoms with E-state index in [4.69, 9.17) is 0 Å². The van der Waals surface area contributed by atoms with Crippen LogP contribution in [0.2, 0.25) is 0 Å². The molecule has 2 aromatic rings. The number of nitrogens with zero attached hydrogens (tertiary/aromatic N) is 2. The van der Waals surface area contributed by atoms with Crippen LogP contribution in [0.4, 0.5) is 15.8 Å². The van der Waals surface area contributed by atoms with Crippen molar-refractivity contribution in [3.05, 3.63) is 92.5 Å². The Labute approximate surface area is 316 Å². The van der Waals surface area contributed by atoms with Crippen LogP contribution in [-0.2, 0) is 51.3 Å². The summed E-state index contributed by atoms with van der Waals surface area (Å²) in [5, 5.41) is 0. The van der Waals surface area contributed by atoms with Crippen molar-refractivity contribution in [3.8, 4) is 0 Å². The Morgan fingerprint density at radius 1 is 0.865 bits per heavy atom. The second-order valence-corrected chi connectivity index (χ2v) is 20.2. The molecule has 0 aliphatic carbocycles. The van der Waals surface area contributed by atoms with Crippen LogP contribution in [-0.4, -0.2) is 86.8 Å². The van der Waals surface area contributed by atoms with Crippen LogP contribution >= 0.6 is 22.6 Å².